The van der Waals surface area contributed by atoms with E-state index in [0.717, 1.165) is 78.0 Å². The Morgan fingerprint density at radius 2 is 1.09 bits per heavy atom. The Kier molecular flexibility index (Phi) is 11.1. The molecule has 0 atom stereocenters. The molecule has 3 aromatic rings. The molecule has 0 amide bonds. The van der Waals surface area contributed by atoms with Crippen molar-refractivity contribution >= 4 is 68.4 Å². The number of carboxylic acid groups (broad SMARTS) is 2. The monoisotopic (exact) mass is 646 g/mol. The van der Waals surface area contributed by atoms with Crippen molar-refractivity contribution < 1.29 is 41.5 Å². The molecule has 230 valence electrons. The van der Waals surface area contributed by atoms with Gasteiger partial charge in [0.15, 0.2) is 0 Å². The minimum absolute atomic E-state index is 0. The summed E-state index contributed by atoms with van der Waals surface area (Å²) < 4.78 is 7.50. The SMILES string of the molecule is C=Cc1c(C)c2cc3[nH]c(cc4nc(cc5nc(cc1[nH]2)C(C)=C5CCC(=O)O)C(CCC(=O)O)=C4C)c(C)c3C=C.[C-]#[O+].[Fe+2]. The van der Waals surface area contributed by atoms with E-state index in [0.29, 0.717) is 24.2 Å². The van der Waals surface area contributed by atoms with Crippen LogP contribution in [0.2, 0.25) is 0 Å². The van der Waals surface area contributed by atoms with Gasteiger partial charge < -0.3 is 20.2 Å². The standard InChI is InChI=1S/C34H34N4O4.CO.Fe/c1-7-21-17(3)25-13-26-19(5)23(9-11-33(39)40)31(37-26)16-32-24(10-12-34(41)42)20(6)28(38-32)15-30-22(8-2)18(4)27(36-30)14-29(21)35-25;1-2;/h7-8,13-16,35-36H,1-2,9-12H2,3-6H3,(H,39,40)(H,41,42);;/q;;+2. The van der Waals surface area contributed by atoms with Gasteiger partial charge >= 0.3 is 40.3 Å². The molecular weight excluding hydrogens is 612 g/mol. The summed E-state index contributed by atoms with van der Waals surface area (Å²) in [5.41, 5.74) is 13.7. The number of aromatic amines is 2. The summed E-state index contributed by atoms with van der Waals surface area (Å²) in [6.45, 7) is 20.6. The van der Waals surface area contributed by atoms with Crippen LogP contribution < -0.4 is 0 Å². The van der Waals surface area contributed by atoms with Crippen LogP contribution in [0.3, 0.4) is 0 Å². The third-order valence-corrected chi connectivity index (χ3v) is 8.22. The van der Waals surface area contributed by atoms with E-state index in [1.807, 2.05) is 58.0 Å². The summed E-state index contributed by atoms with van der Waals surface area (Å²) in [7, 11) is 0. The molecule has 9 nitrogen and oxygen atoms in total. The zero-order valence-corrected chi connectivity index (χ0v) is 26.7. The number of nitrogens with zero attached hydrogens (tertiary/aromatic N) is 2. The molecule has 5 rings (SSSR count). The largest absolute Gasteiger partial charge is 2.00 e. The number of hydrogen-bond acceptors (Lipinski definition) is 4. The molecule has 2 aliphatic rings. The fourth-order valence-corrected chi connectivity index (χ4v) is 5.77. The van der Waals surface area contributed by atoms with E-state index in [1.54, 1.807) is 0 Å². The van der Waals surface area contributed by atoms with Gasteiger partial charge in [-0.2, -0.15) is 0 Å². The van der Waals surface area contributed by atoms with Crippen LogP contribution in [0.5, 0.6) is 0 Å². The van der Waals surface area contributed by atoms with Gasteiger partial charge in [-0.25, -0.2) is 9.97 Å². The zero-order chi connectivity index (χ0) is 32.3. The quantitative estimate of drug-likeness (QED) is 0.112. The van der Waals surface area contributed by atoms with Gasteiger partial charge in [0, 0.05) is 46.0 Å². The van der Waals surface area contributed by atoms with Gasteiger partial charge in [-0.1, -0.05) is 25.3 Å². The van der Waals surface area contributed by atoms with Crippen molar-refractivity contribution in [2.45, 2.75) is 53.4 Å². The molecule has 0 saturated heterocycles. The van der Waals surface area contributed by atoms with E-state index < -0.39 is 11.9 Å². The third-order valence-electron chi connectivity index (χ3n) is 8.22. The summed E-state index contributed by atoms with van der Waals surface area (Å²) in [4.78, 5) is 40.0. The molecule has 3 aromatic heterocycles. The first-order valence-electron chi connectivity index (χ1n) is 14.1. The van der Waals surface area contributed by atoms with Crippen LogP contribution in [-0.2, 0) is 31.3 Å². The maximum atomic E-state index is 11.5. The number of aryl methyl sites for hydroxylation is 2. The molecule has 0 radical (unpaired) electrons. The molecule has 0 saturated carbocycles. The molecule has 45 heavy (non-hydrogen) atoms. The molecule has 0 aliphatic carbocycles. The minimum Gasteiger partial charge on any atom is 2.00 e. The number of allylic oxidation sites excluding steroid dienone is 4. The van der Waals surface area contributed by atoms with Crippen molar-refractivity contribution in [3.63, 3.8) is 0 Å². The number of fused-ring (bicyclic) bond motifs is 8. The first kappa shape index (κ1) is 34.8. The number of carboxylic acids is 2. The van der Waals surface area contributed by atoms with Crippen molar-refractivity contribution in [1.29, 1.82) is 0 Å². The van der Waals surface area contributed by atoms with Gasteiger partial charge in [0.1, 0.15) is 0 Å². The van der Waals surface area contributed by atoms with Crippen LogP contribution in [0.15, 0.2) is 37.4 Å². The van der Waals surface area contributed by atoms with Gasteiger partial charge in [-0.15, -0.1) is 0 Å². The Morgan fingerprint density at radius 1 is 0.711 bits per heavy atom. The summed E-state index contributed by atoms with van der Waals surface area (Å²) in [5.74, 6) is -1.78. The topological polar surface area (TPSA) is 152 Å². The fraction of sp³-hybridized carbons (Fsp3) is 0.229. The Morgan fingerprint density at radius 3 is 1.49 bits per heavy atom. The molecule has 8 bridgehead atoms. The average Bonchev–Trinajstić information content (AvgIpc) is 3.64. The average molecular weight is 647 g/mol. The molecule has 0 fully saturated rings. The van der Waals surface area contributed by atoms with Crippen LogP contribution in [0.1, 0.15) is 84.6 Å². The Balaban J connectivity index is 0.00000180. The van der Waals surface area contributed by atoms with Crippen LogP contribution in [0, 0.1) is 20.5 Å². The van der Waals surface area contributed by atoms with Crippen LogP contribution >= 0.6 is 0 Å². The third kappa shape index (κ3) is 6.85. The second kappa shape index (κ2) is 14.4. The zero-order valence-electron chi connectivity index (χ0n) is 25.6. The second-order valence-corrected chi connectivity index (χ2v) is 10.7. The van der Waals surface area contributed by atoms with E-state index >= 15 is 0 Å². The van der Waals surface area contributed by atoms with Gasteiger partial charge in [0.25, 0.3) is 0 Å². The van der Waals surface area contributed by atoms with E-state index in [-0.39, 0.29) is 29.9 Å². The van der Waals surface area contributed by atoms with Crippen molar-refractivity contribution in [3.05, 3.63) is 89.1 Å². The molecule has 0 unspecified atom stereocenters. The van der Waals surface area contributed by atoms with Crippen LogP contribution in [-0.4, -0.2) is 42.1 Å². The number of aliphatic carboxylic acids is 2. The number of carbonyl (C=O) groups is 2. The molecule has 10 heteroatoms. The van der Waals surface area contributed by atoms with Gasteiger partial charge in [0.05, 0.1) is 22.8 Å². The van der Waals surface area contributed by atoms with E-state index in [4.69, 9.17) is 14.6 Å². The summed E-state index contributed by atoms with van der Waals surface area (Å²) in [5, 5.41) is 18.9. The van der Waals surface area contributed by atoms with Crippen molar-refractivity contribution in [2.75, 3.05) is 0 Å². The predicted octanol–water partition coefficient (Wildman–Crippen LogP) is 7.77. The van der Waals surface area contributed by atoms with Crippen molar-refractivity contribution in [1.82, 2.24) is 19.9 Å². The number of hydrogen-bond donors (Lipinski definition) is 4. The Labute approximate surface area is 271 Å². The minimum atomic E-state index is -0.889. The molecule has 4 N–H and O–H groups in total. The summed E-state index contributed by atoms with van der Waals surface area (Å²) in [6, 6.07) is 7.88. The summed E-state index contributed by atoms with van der Waals surface area (Å²) >= 11 is 0. The summed E-state index contributed by atoms with van der Waals surface area (Å²) in [6.07, 6.45) is 4.20. The molecule has 0 spiro atoms. The van der Waals surface area contributed by atoms with Gasteiger partial charge in [0.2, 0.25) is 0 Å². The second-order valence-electron chi connectivity index (χ2n) is 10.7. The van der Waals surface area contributed by atoms with E-state index in [1.165, 1.54) is 0 Å². The molecule has 0 aromatic carbocycles. The normalized spacial score (nSPS) is 12.2. The first-order chi connectivity index (χ1) is 21.0. The van der Waals surface area contributed by atoms with Gasteiger partial charge in [-0.05, 0) is 98.2 Å². The maximum absolute atomic E-state index is 11.5. The van der Waals surface area contributed by atoms with Gasteiger partial charge in [-0.3, -0.25) is 9.59 Å². The Bertz CT molecular complexity index is 1970. The number of rotatable bonds is 8. The molecule has 2 aliphatic heterocycles. The molecular formula is C35H34FeN4O5+2. The van der Waals surface area contributed by atoms with E-state index in [9.17, 15) is 19.8 Å². The predicted molar refractivity (Wildman–Crippen MR) is 173 cm³/mol. The Hall–Kier alpha value is -4.72. The number of aromatic nitrogens is 4. The van der Waals surface area contributed by atoms with Crippen molar-refractivity contribution in [3.8, 4) is 0 Å². The first-order valence-corrected chi connectivity index (χ1v) is 14.1. The van der Waals surface area contributed by atoms with Crippen molar-refractivity contribution in [2.24, 2.45) is 0 Å². The smallest absolute Gasteiger partial charge is 2.00 e. The number of H-pyrrole nitrogens is 2. The van der Waals surface area contributed by atoms with E-state index in [2.05, 4.69) is 35.8 Å². The fourth-order valence-electron chi connectivity index (χ4n) is 5.77. The number of nitrogens with one attached hydrogen (secondary N) is 2. The maximum Gasteiger partial charge on any atom is 2.00 e. The van der Waals surface area contributed by atoms with Crippen LogP contribution in [0.25, 0.3) is 56.5 Å². The molecule has 5 heterocycles. The van der Waals surface area contributed by atoms with Crippen LogP contribution in [0.4, 0.5) is 0 Å².